The van der Waals surface area contributed by atoms with Crippen LogP contribution in [0.1, 0.15) is 23.2 Å². The van der Waals surface area contributed by atoms with Crippen molar-refractivity contribution < 1.29 is 9.90 Å². The molecule has 5 heteroatoms. The fourth-order valence-electron chi connectivity index (χ4n) is 3.59. The summed E-state index contributed by atoms with van der Waals surface area (Å²) in [5.74, 6) is -0.0377. The molecule has 1 fully saturated rings. The van der Waals surface area contributed by atoms with Gasteiger partial charge in [0.2, 0.25) is 0 Å². The molecule has 0 saturated carbocycles. The molecule has 26 heavy (non-hydrogen) atoms. The average Bonchev–Trinajstić information content (AvgIpc) is 3.16. The molecule has 4 rings (SSSR count). The summed E-state index contributed by atoms with van der Waals surface area (Å²) in [6.07, 6.45) is 1.77. The van der Waals surface area contributed by atoms with E-state index in [1.54, 1.807) is 4.90 Å². The van der Waals surface area contributed by atoms with Gasteiger partial charge in [0, 0.05) is 22.0 Å². The Labute approximate surface area is 160 Å². The lowest BCUT2D eigenvalue weighted by molar-refractivity contribution is 0.0679. The number of carbonyl (C=O) groups excluding carboxylic acids is 1. The largest absolute Gasteiger partial charge is 0.394 e. The van der Waals surface area contributed by atoms with E-state index in [0.717, 1.165) is 39.5 Å². The van der Waals surface area contributed by atoms with Crippen molar-refractivity contribution >= 4 is 32.7 Å². The second kappa shape index (κ2) is 7.17. The molecule has 1 amide bonds. The molecule has 2 heterocycles. The molecule has 1 aromatic heterocycles. The first-order chi connectivity index (χ1) is 12.7. The highest BCUT2D eigenvalue weighted by atomic mass is 79.9. The van der Waals surface area contributed by atoms with Crippen molar-refractivity contribution in [3.8, 4) is 11.3 Å². The fourth-order valence-corrected chi connectivity index (χ4v) is 4.05. The highest BCUT2D eigenvalue weighted by Gasteiger charge is 2.30. The minimum Gasteiger partial charge on any atom is -0.394 e. The molecule has 0 bridgehead atoms. The minimum absolute atomic E-state index is 0.00396. The number of aromatic nitrogens is 1. The Morgan fingerprint density at radius 1 is 1.19 bits per heavy atom. The Hall–Kier alpha value is -2.24. The zero-order valence-electron chi connectivity index (χ0n) is 14.2. The number of nitrogens with zero attached hydrogens (tertiary/aromatic N) is 2. The number of likely N-dealkylation sites (tertiary alicyclic amines) is 1. The molecule has 1 aliphatic heterocycles. The van der Waals surface area contributed by atoms with Gasteiger partial charge in [-0.05, 0) is 40.9 Å². The van der Waals surface area contributed by atoms with Gasteiger partial charge in [0.15, 0.2) is 0 Å². The van der Waals surface area contributed by atoms with Crippen LogP contribution in [0, 0.1) is 0 Å². The van der Waals surface area contributed by atoms with Gasteiger partial charge in [0.1, 0.15) is 0 Å². The number of amides is 1. The van der Waals surface area contributed by atoms with Crippen molar-refractivity contribution in [1.82, 2.24) is 9.88 Å². The van der Waals surface area contributed by atoms with Crippen molar-refractivity contribution in [3.63, 3.8) is 0 Å². The zero-order valence-corrected chi connectivity index (χ0v) is 15.8. The fraction of sp³-hybridized carbons (Fsp3) is 0.238. The number of pyridine rings is 1. The van der Waals surface area contributed by atoms with E-state index in [2.05, 4.69) is 15.9 Å². The predicted molar refractivity (Wildman–Crippen MR) is 106 cm³/mol. The van der Waals surface area contributed by atoms with E-state index in [1.165, 1.54) is 0 Å². The van der Waals surface area contributed by atoms with Gasteiger partial charge in [0.05, 0.1) is 29.4 Å². The Kier molecular flexibility index (Phi) is 4.74. The number of aliphatic hydroxyl groups is 1. The molecule has 1 atom stereocenters. The van der Waals surface area contributed by atoms with E-state index in [0.29, 0.717) is 12.1 Å². The van der Waals surface area contributed by atoms with Gasteiger partial charge in [-0.1, -0.05) is 42.5 Å². The van der Waals surface area contributed by atoms with Gasteiger partial charge < -0.3 is 10.0 Å². The third kappa shape index (κ3) is 3.02. The summed E-state index contributed by atoms with van der Waals surface area (Å²) in [6.45, 7) is 0.687. The molecule has 1 saturated heterocycles. The van der Waals surface area contributed by atoms with Crippen LogP contribution in [0.5, 0.6) is 0 Å². The number of para-hydroxylation sites is 1. The van der Waals surface area contributed by atoms with Crippen molar-refractivity contribution in [2.75, 3.05) is 13.2 Å². The van der Waals surface area contributed by atoms with Gasteiger partial charge in [-0.25, -0.2) is 4.98 Å². The first-order valence-corrected chi connectivity index (χ1v) is 9.55. The first kappa shape index (κ1) is 17.2. The molecule has 2 aromatic carbocycles. The highest BCUT2D eigenvalue weighted by Crippen LogP contribution is 2.31. The highest BCUT2D eigenvalue weighted by molar-refractivity contribution is 9.10. The van der Waals surface area contributed by atoms with Crippen molar-refractivity contribution in [2.24, 2.45) is 0 Å². The number of aliphatic hydroxyl groups excluding tert-OH is 1. The SMILES string of the molecule is O=C(c1cc(-c2ccccc2)nc2c(Br)cccc12)N1CCC[C@@H]1CO. The molecule has 0 unspecified atom stereocenters. The monoisotopic (exact) mass is 410 g/mol. The first-order valence-electron chi connectivity index (χ1n) is 8.75. The quantitative estimate of drug-likeness (QED) is 0.701. The lowest BCUT2D eigenvalue weighted by atomic mass is 10.0. The molecule has 1 N–H and O–H groups in total. The summed E-state index contributed by atoms with van der Waals surface area (Å²) >= 11 is 3.57. The minimum atomic E-state index is -0.0990. The number of benzene rings is 2. The van der Waals surface area contributed by atoms with Crippen LogP contribution < -0.4 is 0 Å². The third-order valence-corrected chi connectivity index (χ3v) is 5.58. The lowest BCUT2D eigenvalue weighted by Gasteiger charge is -2.24. The van der Waals surface area contributed by atoms with Crippen LogP contribution in [0.2, 0.25) is 0 Å². The van der Waals surface area contributed by atoms with Crippen molar-refractivity contribution in [2.45, 2.75) is 18.9 Å². The second-order valence-corrected chi connectivity index (χ2v) is 7.39. The van der Waals surface area contributed by atoms with E-state index in [9.17, 15) is 9.90 Å². The van der Waals surface area contributed by atoms with Crippen LogP contribution in [0.25, 0.3) is 22.2 Å². The molecular formula is C21H19BrN2O2. The topological polar surface area (TPSA) is 53.4 Å². The smallest absolute Gasteiger partial charge is 0.254 e. The van der Waals surface area contributed by atoms with Gasteiger partial charge in [-0.2, -0.15) is 0 Å². The number of halogens is 1. The summed E-state index contributed by atoms with van der Waals surface area (Å²) in [5, 5.41) is 10.4. The van der Waals surface area contributed by atoms with Gasteiger partial charge in [-0.15, -0.1) is 0 Å². The van der Waals surface area contributed by atoms with E-state index >= 15 is 0 Å². The molecule has 0 aliphatic carbocycles. The maximum Gasteiger partial charge on any atom is 0.254 e. The van der Waals surface area contributed by atoms with Crippen LogP contribution in [0.3, 0.4) is 0 Å². The van der Waals surface area contributed by atoms with Crippen LogP contribution in [-0.2, 0) is 0 Å². The molecule has 0 radical (unpaired) electrons. The van der Waals surface area contributed by atoms with Crippen LogP contribution in [0.4, 0.5) is 0 Å². The summed E-state index contributed by atoms with van der Waals surface area (Å²) in [7, 11) is 0. The summed E-state index contributed by atoms with van der Waals surface area (Å²) in [5.41, 5.74) is 3.15. The lowest BCUT2D eigenvalue weighted by Crippen LogP contribution is -2.37. The summed E-state index contributed by atoms with van der Waals surface area (Å²) in [6, 6.07) is 17.4. The van der Waals surface area contributed by atoms with Gasteiger partial charge >= 0.3 is 0 Å². The molecule has 4 nitrogen and oxygen atoms in total. The maximum absolute atomic E-state index is 13.3. The molecule has 132 valence electrons. The number of carbonyl (C=O) groups is 1. The Balaban J connectivity index is 1.90. The predicted octanol–water partition coefficient (Wildman–Crippen LogP) is 4.26. The second-order valence-electron chi connectivity index (χ2n) is 6.53. The number of fused-ring (bicyclic) bond motifs is 1. The molecular weight excluding hydrogens is 392 g/mol. The maximum atomic E-state index is 13.3. The van der Waals surface area contributed by atoms with Crippen molar-refractivity contribution in [1.29, 1.82) is 0 Å². The summed E-state index contributed by atoms with van der Waals surface area (Å²) < 4.78 is 0.863. The number of hydrogen-bond acceptors (Lipinski definition) is 3. The van der Waals surface area contributed by atoms with Crippen molar-refractivity contribution in [3.05, 3.63) is 64.6 Å². The van der Waals surface area contributed by atoms with Gasteiger partial charge in [-0.3, -0.25) is 4.79 Å². The zero-order chi connectivity index (χ0) is 18.1. The number of rotatable bonds is 3. The van der Waals surface area contributed by atoms with E-state index in [4.69, 9.17) is 4.98 Å². The Morgan fingerprint density at radius 3 is 2.77 bits per heavy atom. The Bertz CT molecular complexity index is 959. The van der Waals surface area contributed by atoms with Crippen LogP contribution in [-0.4, -0.2) is 40.1 Å². The molecule has 1 aliphatic rings. The van der Waals surface area contributed by atoms with E-state index in [1.807, 2.05) is 54.6 Å². The average molecular weight is 411 g/mol. The third-order valence-electron chi connectivity index (χ3n) is 4.94. The van der Waals surface area contributed by atoms with E-state index in [-0.39, 0.29) is 18.6 Å². The van der Waals surface area contributed by atoms with E-state index < -0.39 is 0 Å². The summed E-state index contributed by atoms with van der Waals surface area (Å²) in [4.78, 5) is 19.9. The van der Waals surface area contributed by atoms with Crippen LogP contribution >= 0.6 is 15.9 Å². The number of hydrogen-bond donors (Lipinski definition) is 1. The molecule has 0 spiro atoms. The normalized spacial score (nSPS) is 17.0. The van der Waals surface area contributed by atoms with Crippen LogP contribution in [0.15, 0.2) is 59.1 Å². The molecule has 3 aromatic rings. The Morgan fingerprint density at radius 2 is 2.00 bits per heavy atom. The van der Waals surface area contributed by atoms with Gasteiger partial charge in [0.25, 0.3) is 5.91 Å². The standard InChI is InChI=1S/C21H19BrN2O2/c22-18-10-4-9-16-17(21(26)24-11-5-8-15(24)13-25)12-19(23-20(16)18)14-6-2-1-3-7-14/h1-4,6-7,9-10,12,15,25H,5,8,11,13H2/t15-/m1/s1.